The van der Waals surface area contributed by atoms with Crippen LogP contribution in [0, 0.1) is 5.92 Å². The van der Waals surface area contributed by atoms with Crippen molar-refractivity contribution in [1.29, 1.82) is 0 Å². The number of aromatic amines is 1. The van der Waals surface area contributed by atoms with Crippen LogP contribution in [-0.2, 0) is 46.4 Å². The van der Waals surface area contributed by atoms with E-state index >= 15 is 0 Å². The molecule has 324 valence electrons. The van der Waals surface area contributed by atoms with E-state index in [4.69, 9.17) is 17.2 Å². The number of carbonyl (C=O) groups is 7. The molecule has 0 bridgehead atoms. The number of benzene rings is 1. The third kappa shape index (κ3) is 14.7. The maximum atomic E-state index is 14.3. The van der Waals surface area contributed by atoms with Gasteiger partial charge in [-0.15, -0.1) is 0 Å². The van der Waals surface area contributed by atoms with Crippen LogP contribution in [0.4, 0.5) is 0 Å². The number of carbonyl (C=O) groups excluding carboxylic acids is 6. The van der Waals surface area contributed by atoms with Gasteiger partial charge in [-0.3, -0.25) is 33.8 Å². The molecule has 1 saturated heterocycles. The number of aliphatic imine (C=N–C) groups is 1. The van der Waals surface area contributed by atoms with Crippen molar-refractivity contribution >= 4 is 47.4 Å². The van der Waals surface area contributed by atoms with E-state index in [1.54, 1.807) is 37.3 Å². The third-order valence-electron chi connectivity index (χ3n) is 9.93. The van der Waals surface area contributed by atoms with Crippen molar-refractivity contribution in [1.82, 2.24) is 41.5 Å². The fraction of sp³-hybridized carbons (Fsp3) is 0.553. The van der Waals surface area contributed by atoms with E-state index in [-0.39, 0.29) is 51.2 Å². The predicted molar refractivity (Wildman–Crippen MR) is 215 cm³/mol. The molecule has 1 aliphatic rings. The lowest BCUT2D eigenvalue weighted by molar-refractivity contribution is -0.144. The fourth-order valence-corrected chi connectivity index (χ4v) is 6.38. The summed E-state index contributed by atoms with van der Waals surface area (Å²) in [4.78, 5) is 106. The average molecular weight is 827 g/mol. The Bertz CT molecular complexity index is 1750. The van der Waals surface area contributed by atoms with Gasteiger partial charge in [-0.1, -0.05) is 50.6 Å². The number of nitrogens with one attached hydrogen (secondary N) is 6. The van der Waals surface area contributed by atoms with Crippen LogP contribution in [0.2, 0.25) is 0 Å². The summed E-state index contributed by atoms with van der Waals surface area (Å²) in [5.41, 5.74) is 17.6. The zero-order chi connectivity index (χ0) is 43.6. The average Bonchev–Trinajstić information content (AvgIpc) is 3.92. The Morgan fingerprint density at radius 3 is 2.14 bits per heavy atom. The molecule has 3 rings (SSSR count). The molecule has 1 fully saturated rings. The van der Waals surface area contributed by atoms with Crippen molar-refractivity contribution in [3.63, 3.8) is 0 Å². The monoisotopic (exact) mass is 826 g/mol. The first-order valence-electron chi connectivity index (χ1n) is 19.5. The molecule has 14 N–H and O–H groups in total. The molecule has 1 aromatic carbocycles. The highest BCUT2D eigenvalue weighted by molar-refractivity contribution is 5.97. The molecule has 8 atom stereocenters. The lowest BCUT2D eigenvalue weighted by atomic mass is 9.96. The largest absolute Gasteiger partial charge is 0.480 e. The van der Waals surface area contributed by atoms with Gasteiger partial charge in [0, 0.05) is 37.8 Å². The zero-order valence-corrected chi connectivity index (χ0v) is 33.6. The van der Waals surface area contributed by atoms with Gasteiger partial charge in [0.25, 0.3) is 0 Å². The van der Waals surface area contributed by atoms with E-state index in [1.165, 1.54) is 24.3 Å². The number of hydrogen-bond acceptors (Lipinski definition) is 11. The van der Waals surface area contributed by atoms with Gasteiger partial charge in [0.15, 0.2) is 5.96 Å². The number of aliphatic carboxylic acids is 1. The molecule has 59 heavy (non-hydrogen) atoms. The van der Waals surface area contributed by atoms with Crippen LogP contribution in [0.1, 0.15) is 64.1 Å². The first-order chi connectivity index (χ1) is 28.1. The van der Waals surface area contributed by atoms with Crippen LogP contribution in [0.3, 0.4) is 0 Å². The van der Waals surface area contributed by atoms with Crippen molar-refractivity contribution in [2.24, 2.45) is 28.1 Å². The maximum absolute atomic E-state index is 14.3. The topological polar surface area (TPSA) is 342 Å². The van der Waals surface area contributed by atoms with Crippen LogP contribution >= 0.6 is 0 Å². The summed E-state index contributed by atoms with van der Waals surface area (Å²) in [5.74, 6) is -6.22. The molecule has 0 saturated carbocycles. The SMILES string of the molecule is CC[C@H](C)[C@H](NC(=O)[C@H](Cc1cnc[nH]1)NC(=O)[C@H](CO)NC(=O)[C@H](C)N)C(=O)N1CCC[C@H]1C(=O)N[C@@H](CCCN=C(N)N)C(=O)N[C@@H](Cc1ccccc1)C(=O)O. The highest BCUT2D eigenvalue weighted by Crippen LogP contribution is 2.22. The normalized spacial score (nSPS) is 17.2. The van der Waals surface area contributed by atoms with Crippen molar-refractivity contribution in [2.75, 3.05) is 19.7 Å². The van der Waals surface area contributed by atoms with E-state index in [0.29, 0.717) is 24.1 Å². The molecule has 21 heteroatoms. The Kier molecular flexibility index (Phi) is 18.7. The number of guanidine groups is 1. The Labute approximate surface area is 342 Å². The molecular formula is C38H58N12O9. The first-order valence-corrected chi connectivity index (χ1v) is 19.5. The molecule has 21 nitrogen and oxygen atoms in total. The summed E-state index contributed by atoms with van der Waals surface area (Å²) < 4.78 is 0. The Morgan fingerprint density at radius 2 is 1.54 bits per heavy atom. The molecule has 1 aromatic heterocycles. The van der Waals surface area contributed by atoms with Gasteiger partial charge in [0.05, 0.1) is 19.0 Å². The second-order valence-corrected chi connectivity index (χ2v) is 14.5. The summed E-state index contributed by atoms with van der Waals surface area (Å²) in [6.07, 6.45) is 4.09. The number of carboxylic acid groups (broad SMARTS) is 1. The van der Waals surface area contributed by atoms with Crippen LogP contribution in [-0.4, -0.2) is 134 Å². The highest BCUT2D eigenvalue weighted by atomic mass is 16.4. The minimum Gasteiger partial charge on any atom is -0.480 e. The number of likely N-dealkylation sites (tertiary alicyclic amines) is 1. The van der Waals surface area contributed by atoms with Crippen molar-refractivity contribution in [2.45, 2.75) is 108 Å². The number of imidazole rings is 1. The van der Waals surface area contributed by atoms with E-state index in [0.717, 1.165) is 0 Å². The van der Waals surface area contributed by atoms with Crippen LogP contribution < -0.4 is 43.8 Å². The molecular weight excluding hydrogens is 768 g/mol. The van der Waals surface area contributed by atoms with E-state index in [9.17, 15) is 43.8 Å². The predicted octanol–water partition coefficient (Wildman–Crippen LogP) is -2.87. The lowest BCUT2D eigenvalue weighted by Crippen LogP contribution is -2.61. The molecule has 0 radical (unpaired) electrons. The van der Waals surface area contributed by atoms with Gasteiger partial charge in [-0.25, -0.2) is 9.78 Å². The smallest absolute Gasteiger partial charge is 0.326 e. The molecule has 0 aliphatic carbocycles. The number of rotatable bonds is 23. The van der Waals surface area contributed by atoms with Gasteiger partial charge in [0.2, 0.25) is 35.4 Å². The summed E-state index contributed by atoms with van der Waals surface area (Å²) >= 11 is 0. The van der Waals surface area contributed by atoms with Crippen LogP contribution in [0.5, 0.6) is 0 Å². The van der Waals surface area contributed by atoms with Crippen LogP contribution in [0.25, 0.3) is 0 Å². The molecule has 0 spiro atoms. The van der Waals surface area contributed by atoms with Crippen LogP contribution in [0.15, 0.2) is 47.8 Å². The number of hydrogen-bond donors (Lipinski definition) is 11. The summed E-state index contributed by atoms with van der Waals surface area (Å²) in [7, 11) is 0. The number of aromatic nitrogens is 2. The number of amides is 6. The Balaban J connectivity index is 1.82. The fourth-order valence-electron chi connectivity index (χ4n) is 6.38. The summed E-state index contributed by atoms with van der Waals surface area (Å²) in [6.45, 7) is 4.45. The lowest BCUT2D eigenvalue weighted by Gasteiger charge is -2.33. The van der Waals surface area contributed by atoms with Gasteiger partial charge in [-0.2, -0.15) is 0 Å². The molecule has 6 amide bonds. The molecule has 2 heterocycles. The van der Waals surface area contributed by atoms with Crippen molar-refractivity contribution in [3.05, 3.63) is 54.1 Å². The minimum absolute atomic E-state index is 0.0111. The Morgan fingerprint density at radius 1 is 0.898 bits per heavy atom. The van der Waals surface area contributed by atoms with E-state index in [2.05, 4.69) is 41.5 Å². The highest BCUT2D eigenvalue weighted by Gasteiger charge is 2.41. The molecule has 1 aliphatic heterocycles. The number of nitrogens with zero attached hydrogens (tertiary/aromatic N) is 3. The summed E-state index contributed by atoms with van der Waals surface area (Å²) in [5, 5.41) is 32.6. The number of aliphatic hydroxyl groups is 1. The van der Waals surface area contributed by atoms with Crippen molar-refractivity contribution in [3.8, 4) is 0 Å². The summed E-state index contributed by atoms with van der Waals surface area (Å²) in [6, 6.07) is 0.262. The second kappa shape index (κ2) is 23.3. The maximum Gasteiger partial charge on any atom is 0.326 e. The molecule has 2 aromatic rings. The first kappa shape index (κ1) is 47.3. The van der Waals surface area contributed by atoms with Crippen molar-refractivity contribution < 1.29 is 43.8 Å². The Hall–Kier alpha value is -6.09. The molecule has 0 unspecified atom stereocenters. The zero-order valence-electron chi connectivity index (χ0n) is 33.6. The van der Waals surface area contributed by atoms with E-state index in [1.807, 2.05) is 6.92 Å². The van der Waals surface area contributed by atoms with E-state index < -0.39 is 96.2 Å². The number of nitrogens with two attached hydrogens (primary N) is 3. The van der Waals surface area contributed by atoms with Gasteiger partial charge in [0.1, 0.15) is 36.3 Å². The van der Waals surface area contributed by atoms with Gasteiger partial charge < -0.3 is 63.9 Å². The second-order valence-electron chi connectivity index (χ2n) is 14.5. The number of H-pyrrole nitrogens is 1. The quantitative estimate of drug-likeness (QED) is 0.0305. The number of carboxylic acids is 1. The van der Waals surface area contributed by atoms with Gasteiger partial charge >= 0.3 is 5.97 Å². The standard InChI is InChI=1S/C38H58N12O9/c1-4-21(2)30(49-33(54)26(17-24-18-42-20-44-24)46-34(55)28(19-51)48-31(52)22(3)39)36(57)50-15-9-13-29(50)35(56)45-25(12-8-14-43-38(40)41)32(53)47-27(37(58)59)16-23-10-6-5-7-11-23/h5-7,10-11,18,20-22,25-30,51H,4,8-9,12-17,19,39H2,1-3H3,(H,42,44)(H,45,56)(H,46,55)(H,47,53)(H,48,52)(H,49,54)(H,58,59)(H4,40,41,43)/t21-,22-,25-,26-,27-,28-,29-,30-/m0/s1. The third-order valence-corrected chi connectivity index (χ3v) is 9.93. The number of aliphatic hydroxyl groups excluding tert-OH is 1. The minimum atomic E-state index is -1.43. The van der Waals surface area contributed by atoms with Gasteiger partial charge in [-0.05, 0) is 44.1 Å².